The minimum absolute atomic E-state index is 0.121. The molecule has 0 saturated heterocycles. The number of aryl methyl sites for hydroxylation is 1. The summed E-state index contributed by atoms with van der Waals surface area (Å²) in [6.07, 6.45) is 0. The van der Waals surface area contributed by atoms with Crippen LogP contribution in [0.3, 0.4) is 0 Å². The highest BCUT2D eigenvalue weighted by Crippen LogP contribution is 2.11. The first-order valence-electron chi connectivity index (χ1n) is 4.82. The van der Waals surface area contributed by atoms with Gasteiger partial charge in [0.25, 0.3) is 0 Å². The molecule has 0 saturated carbocycles. The molecule has 0 aliphatic rings. The van der Waals surface area contributed by atoms with Gasteiger partial charge in [0, 0.05) is 24.7 Å². The number of benzene rings is 1. The van der Waals surface area contributed by atoms with Gasteiger partial charge in [-0.05, 0) is 19.4 Å². The molecule has 3 heteroatoms. The molecule has 0 amide bonds. The minimum atomic E-state index is -0.121. The second kappa shape index (κ2) is 5.08. The highest BCUT2D eigenvalue weighted by atomic mass is 19.1. The van der Waals surface area contributed by atoms with E-state index in [9.17, 15) is 4.39 Å². The SMILES string of the molecule is Cc1cccc(CN[C@H](C)CN)c1F. The van der Waals surface area contributed by atoms with Crippen molar-refractivity contribution in [3.63, 3.8) is 0 Å². The van der Waals surface area contributed by atoms with Crippen LogP contribution in [0, 0.1) is 12.7 Å². The lowest BCUT2D eigenvalue weighted by Gasteiger charge is -2.12. The van der Waals surface area contributed by atoms with Crippen molar-refractivity contribution in [3.05, 3.63) is 35.1 Å². The molecule has 1 atom stereocenters. The molecule has 1 rings (SSSR count). The van der Waals surface area contributed by atoms with E-state index in [2.05, 4.69) is 5.32 Å². The summed E-state index contributed by atoms with van der Waals surface area (Å²) in [5, 5.41) is 3.15. The van der Waals surface area contributed by atoms with E-state index in [1.165, 1.54) is 0 Å². The van der Waals surface area contributed by atoms with Crippen molar-refractivity contribution in [2.45, 2.75) is 26.4 Å². The fourth-order valence-corrected chi connectivity index (χ4v) is 1.21. The Morgan fingerprint density at radius 3 is 2.86 bits per heavy atom. The van der Waals surface area contributed by atoms with Gasteiger partial charge in [-0.1, -0.05) is 18.2 Å². The van der Waals surface area contributed by atoms with E-state index in [0.717, 1.165) is 0 Å². The maximum Gasteiger partial charge on any atom is 0.130 e. The molecule has 0 unspecified atom stereocenters. The van der Waals surface area contributed by atoms with Crippen LogP contribution < -0.4 is 11.1 Å². The summed E-state index contributed by atoms with van der Waals surface area (Å²) in [4.78, 5) is 0. The van der Waals surface area contributed by atoms with Crippen molar-refractivity contribution in [2.75, 3.05) is 6.54 Å². The van der Waals surface area contributed by atoms with Crippen molar-refractivity contribution in [3.8, 4) is 0 Å². The van der Waals surface area contributed by atoms with Gasteiger partial charge in [0.1, 0.15) is 5.82 Å². The van der Waals surface area contributed by atoms with E-state index in [1.54, 1.807) is 19.1 Å². The first-order valence-corrected chi connectivity index (χ1v) is 4.82. The molecule has 0 aliphatic carbocycles. The Labute approximate surface area is 84.3 Å². The Morgan fingerprint density at radius 2 is 2.21 bits per heavy atom. The third-order valence-corrected chi connectivity index (χ3v) is 2.27. The van der Waals surface area contributed by atoms with Gasteiger partial charge in [-0.15, -0.1) is 0 Å². The van der Waals surface area contributed by atoms with Gasteiger partial charge in [-0.3, -0.25) is 0 Å². The third-order valence-electron chi connectivity index (χ3n) is 2.27. The number of rotatable bonds is 4. The second-order valence-corrected chi connectivity index (χ2v) is 3.57. The topological polar surface area (TPSA) is 38.0 Å². The van der Waals surface area contributed by atoms with Crippen LogP contribution in [0.15, 0.2) is 18.2 Å². The molecule has 0 aromatic heterocycles. The van der Waals surface area contributed by atoms with Crippen LogP contribution in [-0.2, 0) is 6.54 Å². The summed E-state index contributed by atoms with van der Waals surface area (Å²) in [5.74, 6) is -0.121. The summed E-state index contributed by atoms with van der Waals surface area (Å²) < 4.78 is 13.5. The lowest BCUT2D eigenvalue weighted by atomic mass is 10.1. The number of hydrogen-bond donors (Lipinski definition) is 2. The fraction of sp³-hybridized carbons (Fsp3) is 0.455. The predicted molar refractivity (Wildman–Crippen MR) is 56.5 cm³/mol. The molecule has 0 bridgehead atoms. The Balaban J connectivity index is 2.63. The molecule has 0 spiro atoms. The van der Waals surface area contributed by atoms with Crippen molar-refractivity contribution >= 4 is 0 Å². The Kier molecular flexibility index (Phi) is 4.04. The zero-order chi connectivity index (χ0) is 10.6. The standard InChI is InChI=1S/C11H17FN2/c1-8-4-3-5-10(11(8)12)7-14-9(2)6-13/h3-5,9,14H,6-7,13H2,1-2H3/t9-/m1/s1. The van der Waals surface area contributed by atoms with Gasteiger partial charge in [0.15, 0.2) is 0 Å². The van der Waals surface area contributed by atoms with Gasteiger partial charge >= 0.3 is 0 Å². The smallest absolute Gasteiger partial charge is 0.130 e. The number of nitrogens with one attached hydrogen (secondary N) is 1. The molecule has 14 heavy (non-hydrogen) atoms. The van der Waals surface area contributed by atoms with E-state index < -0.39 is 0 Å². The molecule has 0 aliphatic heterocycles. The molecular weight excluding hydrogens is 179 g/mol. The summed E-state index contributed by atoms with van der Waals surface area (Å²) in [6, 6.07) is 5.64. The average molecular weight is 196 g/mol. The molecular formula is C11H17FN2. The molecule has 1 aromatic rings. The van der Waals surface area contributed by atoms with Gasteiger partial charge in [0.2, 0.25) is 0 Å². The summed E-state index contributed by atoms with van der Waals surface area (Å²) in [6.45, 7) is 4.85. The molecule has 0 fully saturated rings. The lowest BCUT2D eigenvalue weighted by Crippen LogP contribution is -2.32. The highest BCUT2D eigenvalue weighted by Gasteiger charge is 2.05. The first-order chi connectivity index (χ1) is 6.65. The average Bonchev–Trinajstić information content (AvgIpc) is 2.20. The van der Waals surface area contributed by atoms with Gasteiger partial charge in [-0.2, -0.15) is 0 Å². The Hall–Kier alpha value is -0.930. The molecule has 78 valence electrons. The zero-order valence-corrected chi connectivity index (χ0v) is 8.68. The maximum atomic E-state index is 13.5. The van der Waals surface area contributed by atoms with E-state index in [4.69, 9.17) is 5.73 Å². The van der Waals surface area contributed by atoms with Crippen LogP contribution in [0.1, 0.15) is 18.1 Å². The Morgan fingerprint density at radius 1 is 1.50 bits per heavy atom. The minimum Gasteiger partial charge on any atom is -0.329 e. The van der Waals surface area contributed by atoms with Crippen molar-refractivity contribution in [1.29, 1.82) is 0 Å². The van der Waals surface area contributed by atoms with E-state index in [-0.39, 0.29) is 11.9 Å². The Bertz CT molecular complexity index is 299. The third kappa shape index (κ3) is 2.79. The maximum absolute atomic E-state index is 13.5. The monoisotopic (exact) mass is 196 g/mol. The summed E-state index contributed by atoms with van der Waals surface area (Å²) in [5.41, 5.74) is 6.83. The quantitative estimate of drug-likeness (QED) is 0.767. The van der Waals surface area contributed by atoms with Crippen LogP contribution in [0.5, 0.6) is 0 Å². The van der Waals surface area contributed by atoms with Crippen LogP contribution in [0.2, 0.25) is 0 Å². The van der Waals surface area contributed by atoms with Crippen LogP contribution in [-0.4, -0.2) is 12.6 Å². The van der Waals surface area contributed by atoms with Crippen molar-refractivity contribution in [1.82, 2.24) is 5.32 Å². The second-order valence-electron chi connectivity index (χ2n) is 3.57. The predicted octanol–water partition coefficient (Wildman–Crippen LogP) is 1.57. The summed E-state index contributed by atoms with van der Waals surface area (Å²) >= 11 is 0. The molecule has 3 N–H and O–H groups in total. The zero-order valence-electron chi connectivity index (χ0n) is 8.68. The number of hydrogen-bond acceptors (Lipinski definition) is 2. The first kappa shape index (κ1) is 11.1. The van der Waals surface area contributed by atoms with Crippen LogP contribution >= 0.6 is 0 Å². The lowest BCUT2D eigenvalue weighted by molar-refractivity contribution is 0.531. The summed E-state index contributed by atoms with van der Waals surface area (Å²) in [7, 11) is 0. The normalized spacial score (nSPS) is 12.9. The van der Waals surface area contributed by atoms with Crippen molar-refractivity contribution in [2.24, 2.45) is 5.73 Å². The molecule has 1 aromatic carbocycles. The molecule has 0 heterocycles. The van der Waals surface area contributed by atoms with E-state index in [0.29, 0.717) is 24.2 Å². The van der Waals surface area contributed by atoms with Gasteiger partial charge < -0.3 is 11.1 Å². The molecule has 2 nitrogen and oxygen atoms in total. The van der Waals surface area contributed by atoms with Crippen LogP contribution in [0.4, 0.5) is 4.39 Å². The van der Waals surface area contributed by atoms with E-state index in [1.807, 2.05) is 13.0 Å². The van der Waals surface area contributed by atoms with Crippen LogP contribution in [0.25, 0.3) is 0 Å². The molecule has 0 radical (unpaired) electrons. The van der Waals surface area contributed by atoms with E-state index >= 15 is 0 Å². The fourth-order valence-electron chi connectivity index (χ4n) is 1.21. The highest BCUT2D eigenvalue weighted by molar-refractivity contribution is 5.24. The number of halogens is 1. The number of nitrogens with two attached hydrogens (primary N) is 1. The largest absolute Gasteiger partial charge is 0.329 e. The van der Waals surface area contributed by atoms with Gasteiger partial charge in [-0.25, -0.2) is 4.39 Å². The van der Waals surface area contributed by atoms with Crippen molar-refractivity contribution < 1.29 is 4.39 Å². The van der Waals surface area contributed by atoms with Gasteiger partial charge in [0.05, 0.1) is 0 Å².